The van der Waals surface area contributed by atoms with Crippen LogP contribution in [0.1, 0.15) is 18.4 Å². The number of nitrogens with one attached hydrogen (secondary N) is 2. The number of hydrogen-bond donors (Lipinski definition) is 2. The molecule has 2 fully saturated rings. The summed E-state index contributed by atoms with van der Waals surface area (Å²) >= 11 is 0. The third kappa shape index (κ3) is 1.95. The number of carbonyl (C=O) groups is 1. The van der Waals surface area contributed by atoms with Gasteiger partial charge < -0.3 is 10.6 Å². The Morgan fingerprint density at radius 2 is 2.00 bits per heavy atom. The molecule has 3 nitrogen and oxygen atoms in total. The molecule has 0 unspecified atom stereocenters. The SMILES string of the molecule is O=C(NCC1CNC1)C1(c2ccccc2)CC1. The van der Waals surface area contributed by atoms with Gasteiger partial charge in [0.25, 0.3) is 0 Å². The molecule has 2 aliphatic rings. The van der Waals surface area contributed by atoms with Crippen molar-refractivity contribution >= 4 is 5.91 Å². The minimum atomic E-state index is -0.210. The number of benzene rings is 1. The molecule has 3 rings (SSSR count). The molecule has 1 aromatic carbocycles. The maximum atomic E-state index is 12.2. The standard InChI is InChI=1S/C14H18N2O/c17-13(16-10-11-8-15-9-11)14(6-7-14)12-4-2-1-3-5-12/h1-5,11,15H,6-10H2,(H,16,17). The number of rotatable bonds is 4. The van der Waals surface area contributed by atoms with E-state index in [4.69, 9.17) is 0 Å². The molecule has 2 N–H and O–H groups in total. The summed E-state index contributed by atoms with van der Waals surface area (Å²) in [6.07, 6.45) is 1.98. The lowest BCUT2D eigenvalue weighted by atomic mass is 9.94. The van der Waals surface area contributed by atoms with Crippen LogP contribution in [0.25, 0.3) is 0 Å². The molecule has 1 amide bonds. The molecular weight excluding hydrogens is 212 g/mol. The Bertz CT molecular complexity index is 407. The van der Waals surface area contributed by atoms with Crippen LogP contribution in [0.3, 0.4) is 0 Å². The van der Waals surface area contributed by atoms with Gasteiger partial charge in [0, 0.05) is 25.6 Å². The van der Waals surface area contributed by atoms with Crippen LogP contribution in [-0.4, -0.2) is 25.5 Å². The Labute approximate surface area is 102 Å². The lowest BCUT2D eigenvalue weighted by Crippen LogP contribution is -2.49. The summed E-state index contributed by atoms with van der Waals surface area (Å²) in [6, 6.07) is 10.2. The van der Waals surface area contributed by atoms with E-state index in [2.05, 4.69) is 22.8 Å². The summed E-state index contributed by atoms with van der Waals surface area (Å²) in [5.41, 5.74) is 0.961. The summed E-state index contributed by atoms with van der Waals surface area (Å²) in [5.74, 6) is 0.848. The molecule has 0 aromatic heterocycles. The molecule has 1 saturated carbocycles. The Kier molecular flexibility index (Phi) is 2.63. The van der Waals surface area contributed by atoms with Crippen molar-refractivity contribution in [1.82, 2.24) is 10.6 Å². The van der Waals surface area contributed by atoms with Crippen LogP contribution in [0.4, 0.5) is 0 Å². The van der Waals surface area contributed by atoms with Gasteiger partial charge in [0.05, 0.1) is 5.41 Å². The van der Waals surface area contributed by atoms with Crippen molar-refractivity contribution in [3.63, 3.8) is 0 Å². The van der Waals surface area contributed by atoms with Crippen LogP contribution in [0.15, 0.2) is 30.3 Å². The van der Waals surface area contributed by atoms with Crippen LogP contribution in [-0.2, 0) is 10.2 Å². The van der Waals surface area contributed by atoms with Crippen LogP contribution >= 0.6 is 0 Å². The molecule has 3 heteroatoms. The number of hydrogen-bond acceptors (Lipinski definition) is 2. The normalized spacial score (nSPS) is 21.6. The predicted molar refractivity (Wildman–Crippen MR) is 66.7 cm³/mol. The van der Waals surface area contributed by atoms with Crippen molar-refractivity contribution in [1.29, 1.82) is 0 Å². The van der Waals surface area contributed by atoms with Crippen LogP contribution in [0, 0.1) is 5.92 Å². The van der Waals surface area contributed by atoms with Crippen LogP contribution < -0.4 is 10.6 Å². The van der Waals surface area contributed by atoms with Gasteiger partial charge in [-0.1, -0.05) is 30.3 Å². The quantitative estimate of drug-likeness (QED) is 0.812. The summed E-state index contributed by atoms with van der Waals surface area (Å²) < 4.78 is 0. The van der Waals surface area contributed by atoms with E-state index in [1.807, 2.05) is 18.2 Å². The van der Waals surface area contributed by atoms with Gasteiger partial charge in [0.1, 0.15) is 0 Å². The first-order valence-corrected chi connectivity index (χ1v) is 6.36. The fourth-order valence-electron chi connectivity index (χ4n) is 2.43. The topological polar surface area (TPSA) is 41.1 Å². The van der Waals surface area contributed by atoms with Crippen molar-refractivity contribution in [2.24, 2.45) is 5.92 Å². The molecular formula is C14H18N2O. The molecule has 0 bridgehead atoms. The third-order valence-electron chi connectivity index (χ3n) is 3.93. The fraction of sp³-hybridized carbons (Fsp3) is 0.500. The highest BCUT2D eigenvalue weighted by molar-refractivity contribution is 5.91. The largest absolute Gasteiger partial charge is 0.355 e. The smallest absolute Gasteiger partial charge is 0.230 e. The zero-order valence-corrected chi connectivity index (χ0v) is 9.91. The van der Waals surface area contributed by atoms with Gasteiger partial charge in [0.2, 0.25) is 5.91 Å². The second-order valence-electron chi connectivity index (χ2n) is 5.18. The van der Waals surface area contributed by atoms with Gasteiger partial charge in [-0.3, -0.25) is 4.79 Å². The van der Waals surface area contributed by atoms with Crippen molar-refractivity contribution < 1.29 is 4.79 Å². The van der Waals surface area contributed by atoms with Crippen molar-refractivity contribution in [2.45, 2.75) is 18.3 Å². The highest BCUT2D eigenvalue weighted by atomic mass is 16.2. The van der Waals surface area contributed by atoms with Crippen molar-refractivity contribution in [2.75, 3.05) is 19.6 Å². The maximum Gasteiger partial charge on any atom is 0.230 e. The highest BCUT2D eigenvalue weighted by Crippen LogP contribution is 2.48. The molecule has 0 radical (unpaired) electrons. The minimum absolute atomic E-state index is 0.210. The van der Waals surface area contributed by atoms with E-state index >= 15 is 0 Å². The molecule has 1 aliphatic carbocycles. The van der Waals surface area contributed by atoms with E-state index in [0.29, 0.717) is 5.92 Å². The molecule has 1 aliphatic heterocycles. The summed E-state index contributed by atoms with van der Waals surface area (Å²) in [7, 11) is 0. The van der Waals surface area contributed by atoms with E-state index in [1.54, 1.807) is 0 Å². The first kappa shape index (κ1) is 10.8. The van der Waals surface area contributed by atoms with Gasteiger partial charge in [0.15, 0.2) is 0 Å². The fourth-order valence-corrected chi connectivity index (χ4v) is 2.43. The molecule has 90 valence electrons. The highest BCUT2D eigenvalue weighted by Gasteiger charge is 2.51. The molecule has 1 aromatic rings. The van der Waals surface area contributed by atoms with E-state index in [0.717, 1.165) is 32.5 Å². The number of carbonyl (C=O) groups excluding carboxylic acids is 1. The van der Waals surface area contributed by atoms with Crippen LogP contribution in [0.5, 0.6) is 0 Å². The summed E-state index contributed by atoms with van der Waals surface area (Å²) in [4.78, 5) is 12.2. The Morgan fingerprint density at radius 1 is 1.29 bits per heavy atom. The van der Waals surface area contributed by atoms with Gasteiger partial charge in [-0.2, -0.15) is 0 Å². The van der Waals surface area contributed by atoms with Gasteiger partial charge in [-0.25, -0.2) is 0 Å². The lowest BCUT2D eigenvalue weighted by molar-refractivity contribution is -0.123. The van der Waals surface area contributed by atoms with E-state index in [9.17, 15) is 4.79 Å². The van der Waals surface area contributed by atoms with Gasteiger partial charge in [-0.05, 0) is 18.4 Å². The Morgan fingerprint density at radius 3 is 2.53 bits per heavy atom. The minimum Gasteiger partial charge on any atom is -0.355 e. The zero-order chi connectivity index (χ0) is 11.7. The first-order chi connectivity index (χ1) is 8.31. The predicted octanol–water partition coefficient (Wildman–Crippen LogP) is 1.05. The second kappa shape index (κ2) is 4.15. The van der Waals surface area contributed by atoms with Gasteiger partial charge in [-0.15, -0.1) is 0 Å². The molecule has 0 spiro atoms. The maximum absolute atomic E-state index is 12.2. The third-order valence-corrected chi connectivity index (χ3v) is 3.93. The number of amides is 1. The summed E-state index contributed by atoms with van der Waals surface area (Å²) in [6.45, 7) is 2.90. The summed E-state index contributed by atoms with van der Waals surface area (Å²) in [5, 5.41) is 6.33. The molecule has 17 heavy (non-hydrogen) atoms. The van der Waals surface area contributed by atoms with Crippen molar-refractivity contribution in [3.8, 4) is 0 Å². The average molecular weight is 230 g/mol. The van der Waals surface area contributed by atoms with E-state index in [1.165, 1.54) is 5.56 Å². The van der Waals surface area contributed by atoms with Crippen molar-refractivity contribution in [3.05, 3.63) is 35.9 Å². The Balaban J connectivity index is 1.64. The Hall–Kier alpha value is -1.35. The lowest BCUT2D eigenvalue weighted by Gasteiger charge is -2.28. The first-order valence-electron chi connectivity index (χ1n) is 6.36. The monoisotopic (exact) mass is 230 g/mol. The molecule has 0 atom stereocenters. The van der Waals surface area contributed by atoms with Crippen LogP contribution in [0.2, 0.25) is 0 Å². The average Bonchev–Trinajstić information content (AvgIpc) is 3.09. The second-order valence-corrected chi connectivity index (χ2v) is 5.18. The van der Waals surface area contributed by atoms with E-state index in [-0.39, 0.29) is 11.3 Å². The zero-order valence-electron chi connectivity index (χ0n) is 9.91. The van der Waals surface area contributed by atoms with Gasteiger partial charge >= 0.3 is 0 Å². The molecule has 1 saturated heterocycles. The molecule has 1 heterocycles. The van der Waals surface area contributed by atoms with E-state index < -0.39 is 0 Å².